The van der Waals surface area contributed by atoms with E-state index in [9.17, 15) is 0 Å². The minimum atomic E-state index is 0. The molecule has 0 atom stereocenters. The Balaban J connectivity index is 0.00000243. The molecular weight excluding hydrogens is 439 g/mol. The Morgan fingerprint density at radius 2 is 1.85 bits per heavy atom. The summed E-state index contributed by atoms with van der Waals surface area (Å²) in [6, 6.07) is 14.9. The topological polar surface area (TPSA) is 62.5 Å². The molecule has 0 aliphatic heterocycles. The monoisotopic (exact) mass is 464 g/mol. The fraction of sp³-hybridized carbons (Fsp3) is 0.300. The average molecular weight is 464 g/mol. The van der Waals surface area contributed by atoms with Crippen LogP contribution in [-0.2, 0) is 13.0 Å². The zero-order valence-electron chi connectivity index (χ0n) is 15.4. The second kappa shape index (κ2) is 9.56. The van der Waals surface area contributed by atoms with E-state index in [1.54, 1.807) is 7.05 Å². The maximum atomic E-state index is 5.57. The van der Waals surface area contributed by atoms with E-state index in [2.05, 4.69) is 63.1 Å². The summed E-state index contributed by atoms with van der Waals surface area (Å²) >= 11 is 0. The molecule has 6 heteroatoms. The molecule has 0 aliphatic carbocycles. The molecule has 26 heavy (non-hydrogen) atoms. The molecule has 5 nitrogen and oxygen atoms in total. The molecule has 0 unspecified atom stereocenters. The largest absolute Gasteiger partial charge is 0.444 e. The molecule has 3 aromatic rings. The van der Waals surface area contributed by atoms with Crippen LogP contribution in [0.4, 0.5) is 0 Å². The maximum absolute atomic E-state index is 5.57. The van der Waals surface area contributed by atoms with Crippen molar-refractivity contribution in [1.82, 2.24) is 15.6 Å². The predicted octanol–water partition coefficient (Wildman–Crippen LogP) is 3.97. The van der Waals surface area contributed by atoms with E-state index in [1.807, 2.05) is 13.8 Å². The molecule has 0 radical (unpaired) electrons. The Kier molecular flexibility index (Phi) is 7.44. The summed E-state index contributed by atoms with van der Waals surface area (Å²) in [4.78, 5) is 8.62. The Labute approximate surface area is 171 Å². The zero-order chi connectivity index (χ0) is 17.6. The van der Waals surface area contributed by atoms with Gasteiger partial charge in [0.1, 0.15) is 5.76 Å². The van der Waals surface area contributed by atoms with Gasteiger partial charge in [0, 0.05) is 13.6 Å². The van der Waals surface area contributed by atoms with Gasteiger partial charge in [0.05, 0.1) is 12.2 Å². The van der Waals surface area contributed by atoms with Crippen LogP contribution >= 0.6 is 24.0 Å². The van der Waals surface area contributed by atoms with Gasteiger partial charge in [-0.2, -0.15) is 0 Å². The number of aryl methyl sites for hydroxylation is 2. The van der Waals surface area contributed by atoms with Crippen LogP contribution in [-0.4, -0.2) is 24.5 Å². The van der Waals surface area contributed by atoms with Gasteiger partial charge in [-0.1, -0.05) is 42.5 Å². The number of benzene rings is 2. The van der Waals surface area contributed by atoms with Crippen LogP contribution in [0.15, 0.2) is 51.9 Å². The number of hydrogen-bond donors (Lipinski definition) is 2. The van der Waals surface area contributed by atoms with Gasteiger partial charge < -0.3 is 15.1 Å². The highest BCUT2D eigenvalue weighted by Crippen LogP contribution is 2.18. The molecule has 0 aliphatic rings. The minimum absolute atomic E-state index is 0. The first-order valence-electron chi connectivity index (χ1n) is 8.51. The minimum Gasteiger partial charge on any atom is -0.444 e. The highest BCUT2D eigenvalue weighted by molar-refractivity contribution is 14.0. The van der Waals surface area contributed by atoms with E-state index in [4.69, 9.17) is 4.42 Å². The smallest absolute Gasteiger partial charge is 0.214 e. The van der Waals surface area contributed by atoms with Crippen molar-refractivity contribution in [2.45, 2.75) is 26.8 Å². The lowest BCUT2D eigenvalue weighted by Gasteiger charge is -2.11. The molecule has 2 aromatic carbocycles. The molecule has 0 amide bonds. The van der Waals surface area contributed by atoms with Crippen LogP contribution in [0.5, 0.6) is 0 Å². The van der Waals surface area contributed by atoms with Crippen LogP contribution < -0.4 is 10.6 Å². The fourth-order valence-corrected chi connectivity index (χ4v) is 2.82. The maximum Gasteiger partial charge on any atom is 0.214 e. The first-order valence-corrected chi connectivity index (χ1v) is 8.51. The molecule has 0 saturated carbocycles. The highest BCUT2D eigenvalue weighted by Gasteiger charge is 2.06. The molecule has 0 saturated heterocycles. The fourth-order valence-electron chi connectivity index (χ4n) is 2.82. The van der Waals surface area contributed by atoms with Crippen molar-refractivity contribution in [1.29, 1.82) is 0 Å². The van der Waals surface area contributed by atoms with Crippen molar-refractivity contribution in [3.05, 3.63) is 65.4 Å². The number of halogens is 1. The number of aliphatic imine (C=N–C) groups is 1. The lowest BCUT2D eigenvalue weighted by molar-refractivity contribution is 0.464. The highest BCUT2D eigenvalue weighted by atomic mass is 127. The normalized spacial score (nSPS) is 11.3. The second-order valence-electron chi connectivity index (χ2n) is 5.99. The van der Waals surface area contributed by atoms with Crippen molar-refractivity contribution in [2.24, 2.45) is 4.99 Å². The van der Waals surface area contributed by atoms with Crippen LogP contribution in [0.3, 0.4) is 0 Å². The van der Waals surface area contributed by atoms with Crippen LogP contribution in [0.2, 0.25) is 0 Å². The molecule has 3 rings (SSSR count). The Bertz CT molecular complexity index is 864. The number of nitrogens with one attached hydrogen (secondary N) is 2. The summed E-state index contributed by atoms with van der Waals surface area (Å²) in [7, 11) is 1.76. The standard InChI is InChI=1S/C20H24N4O.HI/c1-14-15(2)25-19(24-14)13-23-20(21-3)22-12-11-17-9-6-8-16-7-4-5-10-18(16)17;/h4-10H,11-13H2,1-3H3,(H2,21,22,23);1H. The first-order chi connectivity index (χ1) is 12.2. The summed E-state index contributed by atoms with van der Waals surface area (Å²) in [6.45, 7) is 5.18. The number of oxazole rings is 1. The quantitative estimate of drug-likeness (QED) is 0.341. The van der Waals surface area contributed by atoms with Gasteiger partial charge in [-0.3, -0.25) is 4.99 Å². The van der Waals surface area contributed by atoms with E-state index < -0.39 is 0 Å². The summed E-state index contributed by atoms with van der Waals surface area (Å²) in [5.74, 6) is 2.27. The van der Waals surface area contributed by atoms with E-state index >= 15 is 0 Å². The van der Waals surface area contributed by atoms with Crippen LogP contribution in [0, 0.1) is 13.8 Å². The molecule has 0 fully saturated rings. The van der Waals surface area contributed by atoms with Gasteiger partial charge in [0.15, 0.2) is 5.96 Å². The van der Waals surface area contributed by atoms with E-state index in [1.165, 1.54) is 16.3 Å². The number of guanidine groups is 1. The van der Waals surface area contributed by atoms with E-state index in [0.717, 1.165) is 30.4 Å². The van der Waals surface area contributed by atoms with Gasteiger partial charge in [-0.05, 0) is 36.6 Å². The van der Waals surface area contributed by atoms with Crippen molar-refractivity contribution in [3.63, 3.8) is 0 Å². The van der Waals surface area contributed by atoms with Crippen LogP contribution in [0.25, 0.3) is 10.8 Å². The van der Waals surface area contributed by atoms with Crippen molar-refractivity contribution in [2.75, 3.05) is 13.6 Å². The van der Waals surface area contributed by atoms with Gasteiger partial charge in [-0.15, -0.1) is 24.0 Å². The van der Waals surface area contributed by atoms with E-state index in [-0.39, 0.29) is 24.0 Å². The van der Waals surface area contributed by atoms with Gasteiger partial charge in [-0.25, -0.2) is 4.98 Å². The molecule has 1 aromatic heterocycles. The molecule has 1 heterocycles. The molecule has 0 spiro atoms. The average Bonchev–Trinajstić information content (AvgIpc) is 2.96. The summed E-state index contributed by atoms with van der Waals surface area (Å²) in [5.41, 5.74) is 2.26. The summed E-state index contributed by atoms with van der Waals surface area (Å²) < 4.78 is 5.57. The number of hydrogen-bond acceptors (Lipinski definition) is 3. The Morgan fingerprint density at radius 3 is 2.58 bits per heavy atom. The van der Waals surface area contributed by atoms with Gasteiger partial charge in [0.25, 0.3) is 0 Å². The molecule has 0 bridgehead atoms. The molecule has 138 valence electrons. The Hall–Kier alpha value is -2.09. The predicted molar refractivity (Wildman–Crippen MR) is 117 cm³/mol. The first kappa shape index (κ1) is 20.2. The SMILES string of the molecule is CN=C(NCCc1cccc2ccccc12)NCc1nc(C)c(C)o1.I. The molecular formula is C20H25IN4O. The third kappa shape index (κ3) is 4.97. The lowest BCUT2D eigenvalue weighted by atomic mass is 10.0. The van der Waals surface area contributed by atoms with Crippen molar-refractivity contribution in [3.8, 4) is 0 Å². The van der Waals surface area contributed by atoms with Gasteiger partial charge >= 0.3 is 0 Å². The number of rotatable bonds is 5. The second-order valence-corrected chi connectivity index (χ2v) is 5.99. The Morgan fingerprint density at radius 1 is 1.08 bits per heavy atom. The number of fused-ring (bicyclic) bond motifs is 1. The van der Waals surface area contributed by atoms with Gasteiger partial charge in [0.2, 0.25) is 5.89 Å². The van der Waals surface area contributed by atoms with E-state index in [0.29, 0.717) is 12.4 Å². The number of aromatic nitrogens is 1. The lowest BCUT2D eigenvalue weighted by Crippen LogP contribution is -2.37. The number of nitrogens with zero attached hydrogens (tertiary/aromatic N) is 2. The third-order valence-corrected chi connectivity index (χ3v) is 4.27. The summed E-state index contributed by atoms with van der Waals surface area (Å²) in [6.07, 6.45) is 0.930. The third-order valence-electron chi connectivity index (χ3n) is 4.27. The van der Waals surface area contributed by atoms with Crippen LogP contribution in [0.1, 0.15) is 22.9 Å². The van der Waals surface area contributed by atoms with Crippen molar-refractivity contribution >= 4 is 40.7 Å². The zero-order valence-corrected chi connectivity index (χ0v) is 17.7. The van der Waals surface area contributed by atoms with Crippen molar-refractivity contribution < 1.29 is 4.42 Å². The molecule has 2 N–H and O–H groups in total. The summed E-state index contributed by atoms with van der Waals surface area (Å²) in [5, 5.41) is 9.16.